The highest BCUT2D eigenvalue weighted by Gasteiger charge is 2.30. The number of benzene rings is 3. The van der Waals surface area contributed by atoms with Crippen LogP contribution in [0.4, 0.5) is 0 Å². The van der Waals surface area contributed by atoms with Gasteiger partial charge < -0.3 is 18.6 Å². The van der Waals surface area contributed by atoms with Gasteiger partial charge in [-0.15, -0.1) is 0 Å². The van der Waals surface area contributed by atoms with E-state index in [1.807, 2.05) is 31.2 Å². The van der Waals surface area contributed by atoms with E-state index in [1.165, 1.54) is 6.07 Å². The van der Waals surface area contributed by atoms with Crippen LogP contribution >= 0.6 is 11.6 Å². The first-order chi connectivity index (χ1) is 16.4. The van der Waals surface area contributed by atoms with Gasteiger partial charge >= 0.3 is 5.97 Å². The molecule has 0 spiro atoms. The van der Waals surface area contributed by atoms with Gasteiger partial charge in [0.1, 0.15) is 22.8 Å². The second-order valence-electron chi connectivity index (χ2n) is 7.74. The number of furan rings is 1. The average Bonchev–Trinajstić information content (AvgIpc) is 3.36. The zero-order chi connectivity index (χ0) is 23.8. The van der Waals surface area contributed by atoms with Crippen molar-refractivity contribution in [3.8, 4) is 17.2 Å². The lowest BCUT2D eigenvalue weighted by Gasteiger charge is -2.06. The zero-order valence-electron chi connectivity index (χ0n) is 18.4. The maximum Gasteiger partial charge on any atom is 0.379 e. The van der Waals surface area contributed by atoms with Crippen LogP contribution in [-0.2, 0) is 0 Å². The molecule has 7 heteroatoms. The van der Waals surface area contributed by atoms with Crippen LogP contribution in [-0.4, -0.2) is 18.4 Å². The molecule has 0 amide bonds. The van der Waals surface area contributed by atoms with E-state index in [0.717, 1.165) is 11.3 Å². The van der Waals surface area contributed by atoms with Crippen molar-refractivity contribution in [3.63, 3.8) is 0 Å². The van der Waals surface area contributed by atoms with Crippen molar-refractivity contribution < 1.29 is 28.2 Å². The van der Waals surface area contributed by atoms with E-state index in [1.54, 1.807) is 43.3 Å². The molecule has 0 atom stereocenters. The molecule has 0 radical (unpaired) electrons. The minimum Gasteiger partial charge on any atom is -0.494 e. The number of hydrogen-bond acceptors (Lipinski definition) is 6. The average molecular weight is 475 g/mol. The van der Waals surface area contributed by atoms with Crippen LogP contribution in [0.5, 0.6) is 17.2 Å². The second-order valence-corrected chi connectivity index (χ2v) is 8.17. The van der Waals surface area contributed by atoms with Crippen molar-refractivity contribution in [2.45, 2.75) is 13.8 Å². The summed E-state index contributed by atoms with van der Waals surface area (Å²) in [7, 11) is 0. The normalized spacial score (nSPS) is 13.7. The smallest absolute Gasteiger partial charge is 0.379 e. The Bertz CT molecular complexity index is 1460. The van der Waals surface area contributed by atoms with E-state index in [-0.39, 0.29) is 23.1 Å². The van der Waals surface area contributed by atoms with Gasteiger partial charge in [0.15, 0.2) is 5.76 Å². The molecular formula is C27H19ClO6. The summed E-state index contributed by atoms with van der Waals surface area (Å²) in [4.78, 5) is 25.6. The third-order valence-corrected chi connectivity index (χ3v) is 5.56. The maximum atomic E-state index is 12.9. The maximum absolute atomic E-state index is 12.9. The number of esters is 1. The molecule has 0 saturated carbocycles. The molecule has 0 fully saturated rings. The molecule has 0 unspecified atom stereocenters. The lowest BCUT2D eigenvalue weighted by atomic mass is 10.0. The van der Waals surface area contributed by atoms with Crippen LogP contribution in [0.3, 0.4) is 0 Å². The number of ketones is 1. The first-order valence-corrected chi connectivity index (χ1v) is 11.0. The van der Waals surface area contributed by atoms with Crippen LogP contribution in [0, 0.1) is 6.92 Å². The van der Waals surface area contributed by atoms with E-state index in [2.05, 4.69) is 0 Å². The molecule has 0 N–H and O–H groups in total. The van der Waals surface area contributed by atoms with Gasteiger partial charge in [-0.2, -0.15) is 0 Å². The number of hydrogen-bond donors (Lipinski definition) is 0. The fourth-order valence-electron chi connectivity index (χ4n) is 3.79. The standard InChI is InChI=1S/C27H19ClO6/c1-3-31-19-7-4-16(5-8-19)11-23-26(29)25-15(2)10-20(14-22(25)34-23)32-27(30)24-13-17-12-18(28)6-9-21(17)33-24/h4-14H,3H2,1-2H3/b23-11-. The van der Waals surface area contributed by atoms with Gasteiger partial charge in [0.25, 0.3) is 0 Å². The molecule has 2 heterocycles. The van der Waals surface area contributed by atoms with Crippen molar-refractivity contribution in [3.05, 3.63) is 93.9 Å². The van der Waals surface area contributed by atoms with Gasteiger partial charge in [0, 0.05) is 16.5 Å². The quantitative estimate of drug-likeness (QED) is 0.183. The number of allylic oxidation sites excluding steroid dienone is 1. The Morgan fingerprint density at radius 2 is 1.82 bits per heavy atom. The van der Waals surface area contributed by atoms with Gasteiger partial charge in [-0.25, -0.2) is 4.79 Å². The fraction of sp³-hybridized carbons (Fsp3) is 0.111. The molecule has 5 rings (SSSR count). The number of carbonyl (C=O) groups excluding carboxylic acids is 2. The lowest BCUT2D eigenvalue weighted by Crippen LogP contribution is -2.07. The molecule has 0 saturated heterocycles. The van der Waals surface area contributed by atoms with Crippen molar-refractivity contribution in [1.29, 1.82) is 0 Å². The Hall–Kier alpha value is -4.03. The third-order valence-electron chi connectivity index (χ3n) is 5.32. The Morgan fingerprint density at radius 3 is 2.59 bits per heavy atom. The minimum absolute atomic E-state index is 0.0449. The number of aryl methyl sites for hydroxylation is 1. The molecule has 0 bridgehead atoms. The second kappa shape index (κ2) is 8.72. The SMILES string of the molecule is CCOc1ccc(/C=C2\Oc3cc(OC(=O)c4cc5cc(Cl)ccc5o4)cc(C)c3C2=O)cc1. The monoisotopic (exact) mass is 474 g/mol. The Morgan fingerprint density at radius 1 is 1.03 bits per heavy atom. The van der Waals surface area contributed by atoms with Crippen LogP contribution in [0.15, 0.2) is 70.8 Å². The Balaban J connectivity index is 1.37. The van der Waals surface area contributed by atoms with Crippen molar-refractivity contribution in [2.75, 3.05) is 6.61 Å². The van der Waals surface area contributed by atoms with Crippen LogP contribution < -0.4 is 14.2 Å². The highest BCUT2D eigenvalue weighted by atomic mass is 35.5. The van der Waals surface area contributed by atoms with Crippen LogP contribution in [0.25, 0.3) is 17.0 Å². The molecule has 4 aromatic rings. The molecule has 1 aliphatic heterocycles. The molecular weight excluding hydrogens is 456 g/mol. The van der Waals surface area contributed by atoms with Gasteiger partial charge in [-0.3, -0.25) is 4.79 Å². The van der Waals surface area contributed by atoms with E-state index < -0.39 is 5.97 Å². The summed E-state index contributed by atoms with van der Waals surface area (Å²) in [5.41, 5.74) is 2.40. The highest BCUT2D eigenvalue weighted by Crippen LogP contribution is 2.38. The fourth-order valence-corrected chi connectivity index (χ4v) is 3.97. The van der Waals surface area contributed by atoms with E-state index in [9.17, 15) is 9.59 Å². The molecule has 1 aromatic heterocycles. The summed E-state index contributed by atoms with van der Waals surface area (Å²) in [6.45, 7) is 4.26. The summed E-state index contributed by atoms with van der Waals surface area (Å²) >= 11 is 5.99. The van der Waals surface area contributed by atoms with Crippen LogP contribution in [0.2, 0.25) is 5.02 Å². The number of Topliss-reactive ketones (excluding diaryl/α,β-unsaturated/α-hetero) is 1. The molecule has 0 aliphatic carbocycles. The van der Waals surface area contributed by atoms with Gasteiger partial charge in [0.2, 0.25) is 11.5 Å². The van der Waals surface area contributed by atoms with Gasteiger partial charge in [-0.05, 0) is 73.5 Å². The van der Waals surface area contributed by atoms with E-state index in [0.29, 0.717) is 39.5 Å². The van der Waals surface area contributed by atoms with Crippen molar-refractivity contribution in [2.24, 2.45) is 0 Å². The largest absolute Gasteiger partial charge is 0.494 e. The lowest BCUT2D eigenvalue weighted by molar-refractivity contribution is 0.0703. The van der Waals surface area contributed by atoms with E-state index >= 15 is 0 Å². The molecule has 6 nitrogen and oxygen atoms in total. The number of carbonyl (C=O) groups is 2. The minimum atomic E-state index is -0.666. The number of ether oxygens (including phenoxy) is 3. The van der Waals surface area contributed by atoms with Crippen LogP contribution in [0.1, 0.15) is 39.0 Å². The molecule has 1 aliphatic rings. The number of fused-ring (bicyclic) bond motifs is 2. The summed E-state index contributed by atoms with van der Waals surface area (Å²) < 4.78 is 22.3. The Labute approximate surface area is 200 Å². The predicted molar refractivity (Wildman–Crippen MR) is 128 cm³/mol. The van der Waals surface area contributed by atoms with Gasteiger partial charge in [0.05, 0.1) is 12.2 Å². The third kappa shape index (κ3) is 4.16. The first kappa shape index (κ1) is 21.8. The topological polar surface area (TPSA) is 75.0 Å². The predicted octanol–water partition coefficient (Wildman–Crippen LogP) is 6.63. The molecule has 34 heavy (non-hydrogen) atoms. The first-order valence-electron chi connectivity index (χ1n) is 10.6. The molecule has 3 aromatic carbocycles. The summed E-state index contributed by atoms with van der Waals surface area (Å²) in [5.74, 6) is 0.677. The van der Waals surface area contributed by atoms with Crippen molar-refractivity contribution in [1.82, 2.24) is 0 Å². The zero-order valence-corrected chi connectivity index (χ0v) is 19.1. The number of rotatable bonds is 5. The van der Waals surface area contributed by atoms with Crippen molar-refractivity contribution >= 4 is 40.4 Å². The Kier molecular flexibility index (Phi) is 5.59. The van der Waals surface area contributed by atoms with Gasteiger partial charge in [-0.1, -0.05) is 23.7 Å². The van der Waals surface area contributed by atoms with E-state index in [4.69, 9.17) is 30.2 Å². The molecule has 170 valence electrons. The summed E-state index contributed by atoms with van der Waals surface area (Å²) in [6.07, 6.45) is 1.67. The summed E-state index contributed by atoms with van der Waals surface area (Å²) in [5, 5.41) is 1.24. The summed E-state index contributed by atoms with van der Waals surface area (Å²) in [6, 6.07) is 17.1. The highest BCUT2D eigenvalue weighted by molar-refractivity contribution is 6.31. The number of halogens is 1.